The molecule has 152 valence electrons. The van der Waals surface area contributed by atoms with Crippen LogP contribution >= 0.6 is 0 Å². The van der Waals surface area contributed by atoms with Crippen LogP contribution in [0.4, 0.5) is 5.69 Å². The van der Waals surface area contributed by atoms with E-state index < -0.39 is 0 Å². The van der Waals surface area contributed by atoms with Gasteiger partial charge in [-0.25, -0.2) is 0 Å². The number of nitrogens with zero attached hydrogens (tertiary/aromatic N) is 4. The van der Waals surface area contributed by atoms with Gasteiger partial charge < -0.3 is 18.6 Å². The highest BCUT2D eigenvalue weighted by atomic mass is 16.5. The van der Waals surface area contributed by atoms with Gasteiger partial charge >= 0.3 is 0 Å². The molecule has 4 aromatic rings. The highest BCUT2D eigenvalue weighted by Crippen LogP contribution is 2.39. The molecule has 2 heterocycles. The first-order valence-corrected chi connectivity index (χ1v) is 9.92. The zero-order valence-electron chi connectivity index (χ0n) is 17.1. The third kappa shape index (κ3) is 3.22. The van der Waals surface area contributed by atoms with Crippen molar-refractivity contribution in [3.05, 3.63) is 54.3 Å². The highest BCUT2D eigenvalue weighted by Gasteiger charge is 2.27. The van der Waals surface area contributed by atoms with E-state index in [2.05, 4.69) is 33.4 Å². The molecule has 7 nitrogen and oxygen atoms in total. The smallest absolute Gasteiger partial charge is 0.254 e. The normalized spacial score (nSPS) is 13.4. The van der Waals surface area contributed by atoms with Gasteiger partial charge in [-0.3, -0.25) is 0 Å². The van der Waals surface area contributed by atoms with Gasteiger partial charge in [-0.2, -0.15) is 0 Å². The van der Waals surface area contributed by atoms with E-state index in [4.69, 9.17) is 13.7 Å². The Bertz CT molecular complexity index is 1180. The molecule has 2 aromatic carbocycles. The van der Waals surface area contributed by atoms with Gasteiger partial charge in [-0.05, 0) is 31.9 Å². The third-order valence-corrected chi connectivity index (χ3v) is 5.47. The Morgan fingerprint density at radius 2 is 1.80 bits per heavy atom. The molecule has 0 unspecified atom stereocenters. The lowest BCUT2D eigenvalue weighted by Gasteiger charge is -2.19. The van der Waals surface area contributed by atoms with E-state index in [0.717, 1.165) is 16.8 Å². The van der Waals surface area contributed by atoms with E-state index in [9.17, 15) is 0 Å². The van der Waals surface area contributed by atoms with Crippen molar-refractivity contribution in [1.29, 1.82) is 0 Å². The fourth-order valence-corrected chi connectivity index (χ4v) is 3.60. The van der Waals surface area contributed by atoms with Crippen molar-refractivity contribution in [2.75, 3.05) is 19.1 Å². The molecular weight excluding hydrogens is 380 g/mol. The first kappa shape index (κ1) is 18.4. The molecule has 1 aliphatic rings. The summed E-state index contributed by atoms with van der Waals surface area (Å²) in [5, 5.41) is 12.7. The Kier molecular flexibility index (Phi) is 4.50. The fourth-order valence-electron chi connectivity index (χ4n) is 3.60. The number of hydrogen-bond acceptors (Lipinski definition) is 7. The van der Waals surface area contributed by atoms with Gasteiger partial charge in [0.05, 0.1) is 12.7 Å². The maximum atomic E-state index is 6.04. The number of rotatable bonds is 6. The molecule has 5 rings (SSSR count). The predicted molar refractivity (Wildman–Crippen MR) is 113 cm³/mol. The Balaban J connectivity index is 1.52. The van der Waals surface area contributed by atoms with E-state index in [1.807, 2.05) is 49.4 Å². The molecule has 1 aliphatic carbocycles. The number of hydrogen-bond donors (Lipinski definition) is 0. The SMILES string of the molecule is COc1cc(N(C)C2CC2)ccc1-c1nnc(-c2c(-c3ccccc3)noc2C)o1. The van der Waals surface area contributed by atoms with E-state index in [1.165, 1.54) is 12.8 Å². The Hall–Kier alpha value is -3.61. The van der Waals surface area contributed by atoms with Crippen molar-refractivity contribution < 1.29 is 13.7 Å². The van der Waals surface area contributed by atoms with Crippen LogP contribution in [0, 0.1) is 6.92 Å². The summed E-state index contributed by atoms with van der Waals surface area (Å²) in [6, 6.07) is 16.4. The molecule has 0 saturated heterocycles. The highest BCUT2D eigenvalue weighted by molar-refractivity contribution is 5.78. The van der Waals surface area contributed by atoms with Gasteiger partial charge in [-0.1, -0.05) is 35.5 Å². The maximum Gasteiger partial charge on any atom is 0.254 e. The second-order valence-electron chi connectivity index (χ2n) is 7.47. The number of anilines is 1. The van der Waals surface area contributed by atoms with Crippen LogP contribution in [0.15, 0.2) is 57.5 Å². The molecular formula is C23H22N4O3. The topological polar surface area (TPSA) is 77.4 Å². The van der Waals surface area contributed by atoms with E-state index in [-0.39, 0.29) is 0 Å². The van der Waals surface area contributed by atoms with Crippen LogP contribution in [0.3, 0.4) is 0 Å². The van der Waals surface area contributed by atoms with Crippen molar-refractivity contribution in [3.63, 3.8) is 0 Å². The summed E-state index contributed by atoms with van der Waals surface area (Å²) in [5.74, 6) is 2.07. The summed E-state index contributed by atoms with van der Waals surface area (Å²) in [4.78, 5) is 2.28. The first-order valence-electron chi connectivity index (χ1n) is 9.92. The van der Waals surface area contributed by atoms with Gasteiger partial charge in [0.2, 0.25) is 0 Å². The Morgan fingerprint density at radius 3 is 2.53 bits per heavy atom. The quantitative estimate of drug-likeness (QED) is 0.450. The van der Waals surface area contributed by atoms with Crippen LogP contribution in [0.5, 0.6) is 5.75 Å². The summed E-state index contributed by atoms with van der Waals surface area (Å²) in [6.45, 7) is 1.84. The van der Waals surface area contributed by atoms with Crippen LogP contribution in [0.1, 0.15) is 18.6 Å². The zero-order valence-corrected chi connectivity index (χ0v) is 17.1. The number of ether oxygens (including phenoxy) is 1. The standard InChI is InChI=1S/C23H22N4O3/c1-14-20(21(26-30-14)15-7-5-4-6-8-15)23-25-24-22(29-23)18-12-11-17(13-19(18)28-3)27(2)16-9-10-16/h4-8,11-13,16H,9-10H2,1-3H3. The number of benzene rings is 2. The summed E-state index contributed by atoms with van der Waals surface area (Å²) >= 11 is 0. The van der Waals surface area contributed by atoms with Gasteiger partial charge in [-0.15, -0.1) is 10.2 Å². The molecule has 0 spiro atoms. The maximum absolute atomic E-state index is 6.04. The number of aryl methyl sites for hydroxylation is 1. The van der Waals surface area contributed by atoms with Crippen LogP contribution in [0.25, 0.3) is 34.2 Å². The lowest BCUT2D eigenvalue weighted by molar-refractivity contribution is 0.399. The van der Waals surface area contributed by atoms with Crippen LogP contribution in [0.2, 0.25) is 0 Å². The second-order valence-corrected chi connectivity index (χ2v) is 7.47. The molecule has 0 N–H and O–H groups in total. The van der Waals surface area contributed by atoms with Crippen molar-refractivity contribution in [2.45, 2.75) is 25.8 Å². The monoisotopic (exact) mass is 402 g/mol. The molecule has 0 aliphatic heterocycles. The van der Waals surface area contributed by atoms with Gasteiger partial charge in [0.1, 0.15) is 22.8 Å². The lowest BCUT2D eigenvalue weighted by Crippen LogP contribution is -2.19. The molecule has 1 saturated carbocycles. The summed E-state index contributed by atoms with van der Waals surface area (Å²) in [6.07, 6.45) is 2.46. The van der Waals surface area contributed by atoms with Crippen molar-refractivity contribution in [2.24, 2.45) is 0 Å². The van der Waals surface area contributed by atoms with Crippen molar-refractivity contribution in [1.82, 2.24) is 15.4 Å². The molecule has 0 bridgehead atoms. The summed E-state index contributed by atoms with van der Waals surface area (Å²) < 4.78 is 17.1. The minimum absolute atomic E-state index is 0.365. The van der Waals surface area contributed by atoms with Crippen LogP contribution in [-0.2, 0) is 0 Å². The zero-order chi connectivity index (χ0) is 20.7. The second kappa shape index (κ2) is 7.33. The van der Waals surface area contributed by atoms with E-state index >= 15 is 0 Å². The third-order valence-electron chi connectivity index (χ3n) is 5.47. The van der Waals surface area contributed by atoms with Crippen molar-refractivity contribution >= 4 is 5.69 Å². The average molecular weight is 402 g/mol. The van der Waals surface area contributed by atoms with E-state index in [1.54, 1.807) is 7.11 Å². The molecule has 2 aromatic heterocycles. The first-order chi connectivity index (χ1) is 14.7. The van der Waals surface area contributed by atoms with Gasteiger partial charge in [0, 0.05) is 30.4 Å². The van der Waals surface area contributed by atoms with Gasteiger partial charge in [0.15, 0.2) is 0 Å². The Labute approximate surface area is 174 Å². The predicted octanol–water partition coefficient (Wildman–Crippen LogP) is 4.97. The number of methoxy groups -OCH3 is 1. The molecule has 0 radical (unpaired) electrons. The van der Waals surface area contributed by atoms with E-state index in [0.29, 0.717) is 40.6 Å². The Morgan fingerprint density at radius 1 is 1.03 bits per heavy atom. The van der Waals surface area contributed by atoms with Crippen LogP contribution in [-0.4, -0.2) is 35.6 Å². The molecule has 0 atom stereocenters. The molecule has 30 heavy (non-hydrogen) atoms. The molecule has 1 fully saturated rings. The largest absolute Gasteiger partial charge is 0.496 e. The van der Waals surface area contributed by atoms with Crippen LogP contribution < -0.4 is 9.64 Å². The lowest BCUT2D eigenvalue weighted by atomic mass is 10.1. The van der Waals surface area contributed by atoms with Gasteiger partial charge in [0.25, 0.3) is 11.8 Å². The minimum Gasteiger partial charge on any atom is -0.496 e. The summed E-state index contributed by atoms with van der Waals surface area (Å²) in [7, 11) is 3.76. The molecule has 7 heteroatoms. The minimum atomic E-state index is 0.365. The fraction of sp³-hybridized carbons (Fsp3) is 0.261. The molecule has 0 amide bonds. The van der Waals surface area contributed by atoms with Crippen molar-refractivity contribution in [3.8, 4) is 39.9 Å². The number of aromatic nitrogens is 3. The summed E-state index contributed by atoms with van der Waals surface area (Å²) in [5.41, 5.74) is 4.16. The average Bonchev–Trinajstić information content (AvgIpc) is 3.41.